The minimum Gasteiger partial charge on any atom is -0.371 e. The first-order chi connectivity index (χ1) is 7.11. The Labute approximate surface area is 88.1 Å². The second kappa shape index (κ2) is 4.09. The molecule has 1 atom stereocenters. The van der Waals surface area contributed by atoms with E-state index in [-0.39, 0.29) is 0 Å². The highest BCUT2D eigenvalue weighted by atomic mass is 32.2. The molecule has 0 aromatic heterocycles. The fourth-order valence-corrected chi connectivity index (χ4v) is 1.38. The lowest BCUT2D eigenvalue weighted by molar-refractivity contribution is -0.167. The van der Waals surface area contributed by atoms with Gasteiger partial charge in [-0.25, -0.2) is 8.78 Å². The highest BCUT2D eigenvalue weighted by molar-refractivity contribution is 7.87. The van der Waals surface area contributed by atoms with Gasteiger partial charge in [0.25, 0.3) is 10.1 Å². The van der Waals surface area contributed by atoms with Gasteiger partial charge in [0.05, 0.1) is 13.2 Å². The molecular formula is C6H8F4O5S. The summed E-state index contributed by atoms with van der Waals surface area (Å²) in [6.07, 6.45) is -3.91. The van der Waals surface area contributed by atoms with E-state index in [1.54, 1.807) is 0 Å². The molecule has 0 aromatic carbocycles. The van der Waals surface area contributed by atoms with Crippen LogP contribution >= 0.6 is 0 Å². The smallest absolute Gasteiger partial charge is 0.330 e. The van der Waals surface area contributed by atoms with E-state index in [0.717, 1.165) is 0 Å². The molecule has 0 amide bonds. The number of ether oxygens (including phenoxy) is 2. The van der Waals surface area contributed by atoms with Crippen LogP contribution in [0.1, 0.15) is 0 Å². The second-order valence-corrected chi connectivity index (χ2v) is 4.92. The van der Waals surface area contributed by atoms with Crippen molar-refractivity contribution in [3.8, 4) is 0 Å². The lowest BCUT2D eigenvalue weighted by atomic mass is 10.4. The van der Waals surface area contributed by atoms with Crippen LogP contribution in [-0.4, -0.2) is 50.1 Å². The van der Waals surface area contributed by atoms with Crippen molar-refractivity contribution in [1.82, 2.24) is 0 Å². The van der Waals surface area contributed by atoms with Gasteiger partial charge in [0, 0.05) is 0 Å². The molecule has 1 unspecified atom stereocenters. The second-order valence-electron chi connectivity index (χ2n) is 3.23. The van der Waals surface area contributed by atoms with Gasteiger partial charge in [-0.3, -0.25) is 4.55 Å². The molecule has 16 heavy (non-hydrogen) atoms. The van der Waals surface area contributed by atoms with Gasteiger partial charge in [-0.2, -0.15) is 17.2 Å². The predicted octanol–water partition coefficient (Wildman–Crippen LogP) is 0.518. The average Bonchev–Trinajstić information content (AvgIpc) is 2.83. The first-order valence-corrected chi connectivity index (χ1v) is 5.39. The van der Waals surface area contributed by atoms with Gasteiger partial charge < -0.3 is 9.47 Å². The largest absolute Gasteiger partial charge is 0.371 e. The van der Waals surface area contributed by atoms with E-state index in [1.165, 1.54) is 0 Å². The Bertz CT molecular complexity index is 350. The maximum Gasteiger partial charge on any atom is 0.330 e. The van der Waals surface area contributed by atoms with Gasteiger partial charge in [-0.05, 0) is 0 Å². The molecule has 1 rings (SSSR count). The molecule has 0 bridgehead atoms. The molecule has 1 saturated heterocycles. The summed E-state index contributed by atoms with van der Waals surface area (Å²) in [5.41, 5.74) is 0. The summed E-state index contributed by atoms with van der Waals surface area (Å²) < 4.78 is 86.2. The summed E-state index contributed by atoms with van der Waals surface area (Å²) in [5, 5.41) is 0. The maximum atomic E-state index is 12.3. The zero-order valence-electron chi connectivity index (χ0n) is 7.70. The lowest BCUT2D eigenvalue weighted by Gasteiger charge is -2.16. The minimum atomic E-state index is -4.61. The van der Waals surface area contributed by atoms with E-state index in [1.807, 2.05) is 0 Å². The summed E-state index contributed by atoms with van der Waals surface area (Å²) in [6.45, 7) is -2.99. The van der Waals surface area contributed by atoms with Crippen molar-refractivity contribution in [3.05, 3.63) is 0 Å². The van der Waals surface area contributed by atoms with Crippen LogP contribution in [0, 0.1) is 0 Å². The molecule has 1 aliphatic heterocycles. The Morgan fingerprint density at radius 2 is 2.00 bits per heavy atom. The third-order valence-corrected chi connectivity index (χ3v) is 3.17. The molecule has 5 nitrogen and oxygen atoms in total. The summed E-state index contributed by atoms with van der Waals surface area (Å²) in [4.78, 5) is -2.08. The van der Waals surface area contributed by atoms with Crippen molar-refractivity contribution in [3.63, 3.8) is 0 Å². The Morgan fingerprint density at radius 1 is 1.50 bits per heavy atom. The van der Waals surface area contributed by atoms with E-state index in [2.05, 4.69) is 9.47 Å². The van der Waals surface area contributed by atoms with Gasteiger partial charge in [-0.1, -0.05) is 0 Å². The van der Waals surface area contributed by atoms with E-state index >= 15 is 0 Å². The molecule has 1 heterocycles. The molecule has 1 aliphatic rings. The molecule has 0 saturated carbocycles. The Hall–Kier alpha value is -0.450. The van der Waals surface area contributed by atoms with Crippen molar-refractivity contribution in [2.75, 3.05) is 19.8 Å². The molecule has 0 spiro atoms. The van der Waals surface area contributed by atoms with Crippen LogP contribution in [0.4, 0.5) is 17.6 Å². The normalized spacial score (nSPS) is 26.1. The van der Waals surface area contributed by atoms with Gasteiger partial charge in [0.2, 0.25) is 4.93 Å². The number of rotatable bonds is 6. The maximum absolute atomic E-state index is 12.3. The van der Waals surface area contributed by atoms with Gasteiger partial charge >= 0.3 is 12.3 Å². The summed E-state index contributed by atoms with van der Waals surface area (Å²) in [5.74, 6) is -4.37. The van der Waals surface area contributed by atoms with Crippen LogP contribution < -0.4 is 0 Å². The van der Waals surface area contributed by atoms with Gasteiger partial charge in [-0.15, -0.1) is 0 Å². The van der Waals surface area contributed by atoms with Crippen molar-refractivity contribution in [2.24, 2.45) is 0 Å². The zero-order valence-corrected chi connectivity index (χ0v) is 8.52. The SMILES string of the molecule is O=S(=O)(O)C1(COCC(F)(F)C(F)F)CO1. The van der Waals surface area contributed by atoms with Crippen LogP contribution in [0.15, 0.2) is 0 Å². The van der Waals surface area contributed by atoms with Crippen LogP contribution in [0.2, 0.25) is 0 Å². The highest BCUT2D eigenvalue weighted by Gasteiger charge is 2.57. The number of alkyl halides is 4. The summed E-state index contributed by atoms with van der Waals surface area (Å²) in [7, 11) is -4.61. The molecule has 0 aliphatic carbocycles. The number of epoxide rings is 1. The topological polar surface area (TPSA) is 76.1 Å². The molecule has 0 aromatic rings. The summed E-state index contributed by atoms with van der Waals surface area (Å²) in [6, 6.07) is 0. The fraction of sp³-hybridized carbons (Fsp3) is 1.00. The standard InChI is InChI=1S/C6H8F4O5S/c7-4(8)6(9,10)3-14-1-5(2-15-5)16(11,12)13/h4H,1-3H2,(H,11,12,13). The summed E-state index contributed by atoms with van der Waals surface area (Å²) >= 11 is 0. The van der Waals surface area contributed by atoms with Gasteiger partial charge in [0.1, 0.15) is 6.61 Å². The number of halogens is 4. The van der Waals surface area contributed by atoms with E-state index < -0.39 is 47.2 Å². The van der Waals surface area contributed by atoms with Crippen molar-refractivity contribution in [2.45, 2.75) is 17.3 Å². The van der Waals surface area contributed by atoms with Crippen molar-refractivity contribution in [1.29, 1.82) is 0 Å². The van der Waals surface area contributed by atoms with Crippen LogP contribution in [0.5, 0.6) is 0 Å². The van der Waals surface area contributed by atoms with E-state index in [0.29, 0.717) is 0 Å². The third kappa shape index (κ3) is 2.81. The van der Waals surface area contributed by atoms with Crippen molar-refractivity contribution < 1.29 is 40.0 Å². The quantitative estimate of drug-likeness (QED) is 0.431. The highest BCUT2D eigenvalue weighted by Crippen LogP contribution is 2.33. The van der Waals surface area contributed by atoms with Crippen LogP contribution in [0.3, 0.4) is 0 Å². The monoisotopic (exact) mass is 268 g/mol. The Morgan fingerprint density at radius 3 is 2.31 bits per heavy atom. The fourth-order valence-electron chi connectivity index (χ4n) is 0.793. The molecule has 0 radical (unpaired) electrons. The molecular weight excluding hydrogens is 260 g/mol. The first-order valence-electron chi connectivity index (χ1n) is 3.95. The van der Waals surface area contributed by atoms with E-state index in [4.69, 9.17) is 4.55 Å². The predicted molar refractivity (Wildman–Crippen MR) is 42.0 cm³/mol. The van der Waals surface area contributed by atoms with Crippen LogP contribution in [-0.2, 0) is 19.6 Å². The number of hydrogen-bond acceptors (Lipinski definition) is 4. The molecule has 1 N–H and O–H groups in total. The van der Waals surface area contributed by atoms with E-state index in [9.17, 15) is 26.0 Å². The van der Waals surface area contributed by atoms with Crippen LogP contribution in [0.25, 0.3) is 0 Å². The molecule has 96 valence electrons. The minimum absolute atomic E-state index is 0.425. The number of hydrogen-bond donors (Lipinski definition) is 1. The van der Waals surface area contributed by atoms with Gasteiger partial charge in [0.15, 0.2) is 0 Å². The molecule has 1 fully saturated rings. The Balaban J connectivity index is 2.43. The van der Waals surface area contributed by atoms with Crippen molar-refractivity contribution >= 4 is 10.1 Å². The first kappa shape index (κ1) is 13.6. The average molecular weight is 268 g/mol. The Kier molecular flexibility index (Phi) is 3.48. The molecule has 10 heteroatoms. The zero-order chi connectivity index (χ0) is 12.6. The third-order valence-electron chi connectivity index (χ3n) is 1.87. The lowest BCUT2D eigenvalue weighted by Crippen LogP contribution is -2.36.